The fourth-order valence-electron chi connectivity index (χ4n) is 1.97. The lowest BCUT2D eigenvalue weighted by Crippen LogP contribution is -2.39. The van der Waals surface area contributed by atoms with Gasteiger partial charge < -0.3 is 10.1 Å². The maximum absolute atomic E-state index is 5.93. The number of rotatable bonds is 9. The Hall–Kier alpha value is -0.0800. The van der Waals surface area contributed by atoms with E-state index < -0.39 is 0 Å². The van der Waals surface area contributed by atoms with Crippen molar-refractivity contribution < 1.29 is 4.74 Å². The van der Waals surface area contributed by atoms with E-state index in [1.807, 2.05) is 0 Å². The summed E-state index contributed by atoms with van der Waals surface area (Å²) < 4.78 is 5.93. The fraction of sp³-hybridized carbons (Fsp3) is 1.00. The first kappa shape index (κ1) is 15.9. The first-order chi connectivity index (χ1) is 7.51. The first-order valence-electron chi connectivity index (χ1n) is 6.86. The van der Waals surface area contributed by atoms with Crippen molar-refractivity contribution in [3.8, 4) is 0 Å². The molecule has 0 heterocycles. The summed E-state index contributed by atoms with van der Waals surface area (Å²) in [5.74, 6) is 1.40. The Morgan fingerprint density at radius 2 is 1.69 bits per heavy atom. The van der Waals surface area contributed by atoms with Gasteiger partial charge in [-0.1, -0.05) is 41.0 Å². The number of hydrogen-bond donors (Lipinski definition) is 1. The molecule has 0 amide bonds. The van der Waals surface area contributed by atoms with E-state index in [9.17, 15) is 0 Å². The van der Waals surface area contributed by atoms with Crippen molar-refractivity contribution in [1.82, 2.24) is 5.32 Å². The van der Waals surface area contributed by atoms with Crippen molar-refractivity contribution in [2.24, 2.45) is 11.8 Å². The molecule has 0 bridgehead atoms. The average Bonchev–Trinajstić information content (AvgIpc) is 2.22. The van der Waals surface area contributed by atoms with Crippen LogP contribution < -0.4 is 5.32 Å². The average molecular weight is 229 g/mol. The van der Waals surface area contributed by atoms with Crippen molar-refractivity contribution in [3.63, 3.8) is 0 Å². The number of likely N-dealkylation sites (N-methyl/N-ethyl adjacent to an activating group) is 1. The molecule has 0 aromatic carbocycles. The van der Waals surface area contributed by atoms with Gasteiger partial charge in [0.15, 0.2) is 0 Å². The van der Waals surface area contributed by atoms with Crippen molar-refractivity contribution in [3.05, 3.63) is 0 Å². The maximum Gasteiger partial charge on any atom is 0.0625 e. The van der Waals surface area contributed by atoms with E-state index in [2.05, 4.69) is 46.9 Å². The van der Waals surface area contributed by atoms with Crippen LogP contribution in [0, 0.1) is 11.8 Å². The summed E-state index contributed by atoms with van der Waals surface area (Å²) in [6.45, 7) is 15.2. The van der Waals surface area contributed by atoms with Gasteiger partial charge in [-0.25, -0.2) is 0 Å². The van der Waals surface area contributed by atoms with Crippen LogP contribution >= 0.6 is 0 Å². The van der Waals surface area contributed by atoms with Crippen LogP contribution in [0.25, 0.3) is 0 Å². The third kappa shape index (κ3) is 7.24. The topological polar surface area (TPSA) is 21.3 Å². The van der Waals surface area contributed by atoms with Crippen LogP contribution in [0.1, 0.15) is 54.4 Å². The Labute approximate surface area is 102 Å². The molecule has 0 aliphatic rings. The van der Waals surface area contributed by atoms with Crippen LogP contribution in [-0.4, -0.2) is 25.3 Å². The fourth-order valence-corrected chi connectivity index (χ4v) is 1.97. The molecule has 0 radical (unpaired) electrons. The largest absolute Gasteiger partial charge is 0.377 e. The van der Waals surface area contributed by atoms with Gasteiger partial charge in [0.25, 0.3) is 0 Å². The zero-order chi connectivity index (χ0) is 12.6. The van der Waals surface area contributed by atoms with E-state index in [1.165, 1.54) is 6.42 Å². The smallest absolute Gasteiger partial charge is 0.0625 e. The molecule has 0 aromatic heterocycles. The second kappa shape index (κ2) is 9.00. The van der Waals surface area contributed by atoms with Crippen LogP contribution in [0.4, 0.5) is 0 Å². The van der Waals surface area contributed by atoms with Gasteiger partial charge in [0.2, 0.25) is 0 Å². The third-order valence-electron chi connectivity index (χ3n) is 3.16. The van der Waals surface area contributed by atoms with Crippen LogP contribution in [0.15, 0.2) is 0 Å². The van der Waals surface area contributed by atoms with Crippen molar-refractivity contribution >= 4 is 0 Å². The molecular weight excluding hydrogens is 198 g/mol. The number of ether oxygens (including phenoxy) is 1. The Kier molecular flexibility index (Phi) is 8.96. The molecular formula is C14H31NO. The Morgan fingerprint density at radius 3 is 2.12 bits per heavy atom. The van der Waals surface area contributed by atoms with Gasteiger partial charge in [-0.3, -0.25) is 0 Å². The monoisotopic (exact) mass is 229 g/mol. The van der Waals surface area contributed by atoms with E-state index in [-0.39, 0.29) is 0 Å². The molecule has 0 saturated heterocycles. The van der Waals surface area contributed by atoms with Gasteiger partial charge in [0.1, 0.15) is 0 Å². The van der Waals surface area contributed by atoms with Gasteiger partial charge in [-0.05, 0) is 31.7 Å². The van der Waals surface area contributed by atoms with E-state index in [0.29, 0.717) is 18.1 Å². The Bertz CT molecular complexity index is 159. The molecule has 3 unspecified atom stereocenters. The second-order valence-electron chi connectivity index (χ2n) is 5.32. The Balaban J connectivity index is 3.91. The summed E-state index contributed by atoms with van der Waals surface area (Å²) in [7, 11) is 0. The van der Waals surface area contributed by atoms with Crippen molar-refractivity contribution in [2.75, 3.05) is 13.2 Å². The molecule has 1 N–H and O–H groups in total. The SMILES string of the molecule is CCNC(COC(C)CC(C)C)C(C)CC. The zero-order valence-electron chi connectivity index (χ0n) is 12.0. The molecule has 0 rings (SSSR count). The predicted octanol–water partition coefficient (Wildman–Crippen LogP) is 3.46. The Morgan fingerprint density at radius 1 is 1.06 bits per heavy atom. The molecule has 0 fully saturated rings. The highest BCUT2D eigenvalue weighted by molar-refractivity contribution is 4.72. The van der Waals surface area contributed by atoms with Crippen LogP contribution in [0.5, 0.6) is 0 Å². The zero-order valence-corrected chi connectivity index (χ0v) is 12.0. The van der Waals surface area contributed by atoms with Gasteiger partial charge in [-0.15, -0.1) is 0 Å². The van der Waals surface area contributed by atoms with E-state index in [4.69, 9.17) is 4.74 Å². The summed E-state index contributed by atoms with van der Waals surface area (Å²) in [6.07, 6.45) is 2.74. The number of hydrogen-bond acceptors (Lipinski definition) is 2. The molecule has 0 aliphatic heterocycles. The predicted molar refractivity (Wildman–Crippen MR) is 71.8 cm³/mol. The summed E-state index contributed by atoms with van der Waals surface area (Å²) in [5.41, 5.74) is 0. The molecule has 16 heavy (non-hydrogen) atoms. The van der Waals surface area contributed by atoms with Crippen LogP contribution in [-0.2, 0) is 4.74 Å². The lowest BCUT2D eigenvalue weighted by atomic mass is 10.00. The summed E-state index contributed by atoms with van der Waals surface area (Å²) in [4.78, 5) is 0. The standard InChI is InChI=1S/C14H31NO/c1-7-12(5)14(15-8-2)10-16-13(6)9-11(3)4/h11-15H,7-10H2,1-6H3. The molecule has 3 atom stereocenters. The lowest BCUT2D eigenvalue weighted by Gasteiger charge is -2.26. The highest BCUT2D eigenvalue weighted by Gasteiger charge is 2.16. The number of nitrogens with one attached hydrogen (secondary N) is 1. The van der Waals surface area contributed by atoms with Gasteiger partial charge in [0, 0.05) is 6.04 Å². The molecule has 0 aliphatic carbocycles. The van der Waals surface area contributed by atoms with Crippen molar-refractivity contribution in [1.29, 1.82) is 0 Å². The highest BCUT2D eigenvalue weighted by Crippen LogP contribution is 2.12. The van der Waals surface area contributed by atoms with Crippen LogP contribution in [0.2, 0.25) is 0 Å². The molecule has 98 valence electrons. The third-order valence-corrected chi connectivity index (χ3v) is 3.16. The lowest BCUT2D eigenvalue weighted by molar-refractivity contribution is 0.0280. The first-order valence-corrected chi connectivity index (χ1v) is 6.86. The minimum atomic E-state index is 0.380. The maximum atomic E-state index is 5.93. The van der Waals surface area contributed by atoms with E-state index >= 15 is 0 Å². The molecule has 2 nitrogen and oxygen atoms in total. The van der Waals surface area contributed by atoms with Crippen LogP contribution in [0.3, 0.4) is 0 Å². The molecule has 0 aromatic rings. The molecule has 0 spiro atoms. The van der Waals surface area contributed by atoms with E-state index in [0.717, 1.165) is 25.5 Å². The van der Waals surface area contributed by atoms with Gasteiger partial charge in [0.05, 0.1) is 12.7 Å². The molecule has 2 heteroatoms. The van der Waals surface area contributed by atoms with E-state index in [1.54, 1.807) is 0 Å². The van der Waals surface area contributed by atoms with Gasteiger partial charge in [-0.2, -0.15) is 0 Å². The normalized spacial score (nSPS) is 17.4. The van der Waals surface area contributed by atoms with Gasteiger partial charge >= 0.3 is 0 Å². The minimum absolute atomic E-state index is 0.380. The summed E-state index contributed by atoms with van der Waals surface area (Å²) in [5, 5.41) is 3.52. The summed E-state index contributed by atoms with van der Waals surface area (Å²) in [6, 6.07) is 0.504. The second-order valence-corrected chi connectivity index (χ2v) is 5.32. The minimum Gasteiger partial charge on any atom is -0.377 e. The highest BCUT2D eigenvalue weighted by atomic mass is 16.5. The van der Waals surface area contributed by atoms with Crippen molar-refractivity contribution in [2.45, 2.75) is 66.5 Å². The quantitative estimate of drug-likeness (QED) is 0.654. The summed E-state index contributed by atoms with van der Waals surface area (Å²) >= 11 is 0. The molecule has 0 saturated carbocycles.